The number of aryl methyl sites for hydroxylation is 1. The lowest BCUT2D eigenvalue weighted by molar-refractivity contribution is -0.128. The summed E-state index contributed by atoms with van der Waals surface area (Å²) < 4.78 is 0. The second-order valence-electron chi connectivity index (χ2n) is 11.3. The molecule has 1 atom stereocenters. The zero-order valence-corrected chi connectivity index (χ0v) is 23.1. The van der Waals surface area contributed by atoms with E-state index in [0.717, 1.165) is 59.2 Å². The van der Waals surface area contributed by atoms with E-state index >= 15 is 0 Å². The number of tetrazole rings is 1. The standard InChI is InChI=1S/C32H35N7O2/c33-32(18-6-1-7-19-32)20-29(40)34-27-17-16-24-8-2-5-11-28(24)39(31(27)41)21-22-12-14-23(15-13-22)25-9-3-4-10-26(25)30-35-37-38-36-30/h2-5,8-15,27H,1,6-7,16-21,33H2,(H,34,40)(H,35,36,37,38). The molecular formula is C32H35N7O2. The minimum absolute atomic E-state index is 0.0930. The van der Waals surface area contributed by atoms with Gasteiger partial charge >= 0.3 is 0 Å². The highest BCUT2D eigenvalue weighted by Crippen LogP contribution is 2.32. The number of fused-ring (bicyclic) bond motifs is 1. The van der Waals surface area contributed by atoms with Crippen LogP contribution in [0.15, 0.2) is 72.8 Å². The van der Waals surface area contributed by atoms with Crippen LogP contribution in [0.4, 0.5) is 5.69 Å². The van der Waals surface area contributed by atoms with Gasteiger partial charge in [0.1, 0.15) is 6.04 Å². The van der Waals surface area contributed by atoms with Crippen molar-refractivity contribution in [1.29, 1.82) is 0 Å². The monoisotopic (exact) mass is 549 g/mol. The van der Waals surface area contributed by atoms with Crippen LogP contribution in [0.5, 0.6) is 0 Å². The van der Waals surface area contributed by atoms with E-state index in [1.165, 1.54) is 6.42 Å². The third-order valence-electron chi connectivity index (χ3n) is 8.37. The van der Waals surface area contributed by atoms with Crippen LogP contribution in [0.3, 0.4) is 0 Å². The lowest BCUT2D eigenvalue weighted by atomic mass is 9.80. The lowest BCUT2D eigenvalue weighted by Gasteiger charge is -2.33. The maximum absolute atomic E-state index is 13.9. The highest BCUT2D eigenvalue weighted by Gasteiger charge is 2.34. The molecule has 2 aliphatic rings. The first-order valence-corrected chi connectivity index (χ1v) is 14.4. The quantitative estimate of drug-likeness (QED) is 0.310. The minimum Gasteiger partial charge on any atom is -0.344 e. The van der Waals surface area contributed by atoms with E-state index in [1.807, 2.05) is 71.6 Å². The Hall–Kier alpha value is -4.37. The Kier molecular flexibility index (Phi) is 7.61. The molecule has 1 saturated carbocycles. The number of hydrogen-bond acceptors (Lipinski definition) is 6. The summed E-state index contributed by atoms with van der Waals surface area (Å²) in [5, 5.41) is 17.5. The molecule has 0 saturated heterocycles. The van der Waals surface area contributed by atoms with Crippen LogP contribution in [0.1, 0.15) is 56.1 Å². The van der Waals surface area contributed by atoms with Crippen LogP contribution in [0.2, 0.25) is 0 Å². The van der Waals surface area contributed by atoms with Crippen LogP contribution in [0.25, 0.3) is 22.5 Å². The number of aromatic amines is 1. The molecule has 6 rings (SSSR count). The molecule has 4 aromatic rings. The number of anilines is 1. The molecule has 1 fully saturated rings. The molecular weight excluding hydrogens is 514 g/mol. The predicted molar refractivity (Wildman–Crippen MR) is 158 cm³/mol. The van der Waals surface area contributed by atoms with Crippen molar-refractivity contribution >= 4 is 17.5 Å². The van der Waals surface area contributed by atoms with Gasteiger partial charge in [-0.15, -0.1) is 10.2 Å². The lowest BCUT2D eigenvalue weighted by Crippen LogP contribution is -2.51. The summed E-state index contributed by atoms with van der Waals surface area (Å²) in [6.07, 6.45) is 6.51. The van der Waals surface area contributed by atoms with Crippen LogP contribution < -0.4 is 16.0 Å². The van der Waals surface area contributed by atoms with E-state index in [2.05, 4.69) is 32.0 Å². The molecule has 1 aromatic heterocycles. The second kappa shape index (κ2) is 11.6. The fourth-order valence-corrected chi connectivity index (χ4v) is 6.19. The number of hydrogen-bond donors (Lipinski definition) is 3. The number of para-hydroxylation sites is 1. The van der Waals surface area contributed by atoms with Gasteiger partial charge in [0.15, 0.2) is 0 Å². The number of carbonyl (C=O) groups is 2. The Morgan fingerprint density at radius 1 is 0.976 bits per heavy atom. The van der Waals surface area contributed by atoms with Crippen LogP contribution in [-0.4, -0.2) is 44.0 Å². The first kappa shape index (κ1) is 26.8. The first-order valence-electron chi connectivity index (χ1n) is 14.4. The molecule has 0 radical (unpaired) electrons. The van der Waals surface area contributed by atoms with Gasteiger partial charge in [0, 0.05) is 23.2 Å². The summed E-state index contributed by atoms with van der Waals surface area (Å²) in [6.45, 7) is 0.399. The molecule has 0 spiro atoms. The zero-order chi connectivity index (χ0) is 28.2. The van der Waals surface area contributed by atoms with Crippen molar-refractivity contribution in [3.63, 3.8) is 0 Å². The SMILES string of the molecule is NC1(CC(=O)NC2CCc3ccccc3N(Cc3ccc(-c4ccccc4-c4nn[nH]n4)cc3)C2=O)CCCCC1. The number of aromatic nitrogens is 4. The van der Waals surface area contributed by atoms with Gasteiger partial charge < -0.3 is 16.0 Å². The number of nitrogens with one attached hydrogen (secondary N) is 2. The number of amides is 2. The van der Waals surface area contributed by atoms with E-state index in [-0.39, 0.29) is 18.2 Å². The molecule has 210 valence electrons. The molecule has 3 aromatic carbocycles. The van der Waals surface area contributed by atoms with E-state index in [0.29, 0.717) is 25.2 Å². The third kappa shape index (κ3) is 5.90. The van der Waals surface area contributed by atoms with Crippen molar-refractivity contribution in [3.8, 4) is 22.5 Å². The third-order valence-corrected chi connectivity index (χ3v) is 8.37. The highest BCUT2D eigenvalue weighted by molar-refractivity contribution is 6.00. The predicted octanol–water partition coefficient (Wildman–Crippen LogP) is 4.55. The molecule has 4 N–H and O–H groups in total. The molecule has 1 aliphatic carbocycles. The molecule has 9 nitrogen and oxygen atoms in total. The maximum Gasteiger partial charge on any atom is 0.249 e. The average molecular weight is 550 g/mol. The second-order valence-corrected chi connectivity index (χ2v) is 11.3. The summed E-state index contributed by atoms with van der Waals surface area (Å²) in [7, 11) is 0. The number of rotatable bonds is 7. The van der Waals surface area contributed by atoms with Crippen LogP contribution in [-0.2, 0) is 22.6 Å². The number of nitrogens with zero attached hydrogens (tertiary/aromatic N) is 4. The first-order chi connectivity index (χ1) is 20.0. The van der Waals surface area contributed by atoms with Crippen molar-refractivity contribution in [2.45, 2.75) is 69.5 Å². The smallest absolute Gasteiger partial charge is 0.249 e. The molecule has 9 heteroatoms. The molecule has 1 unspecified atom stereocenters. The zero-order valence-electron chi connectivity index (χ0n) is 23.1. The van der Waals surface area contributed by atoms with E-state index in [4.69, 9.17) is 5.73 Å². The van der Waals surface area contributed by atoms with E-state index in [9.17, 15) is 9.59 Å². The van der Waals surface area contributed by atoms with Gasteiger partial charge in [-0.05, 0) is 59.2 Å². The van der Waals surface area contributed by atoms with Crippen LogP contribution in [0, 0.1) is 0 Å². The normalized spacial score (nSPS) is 18.4. The maximum atomic E-state index is 13.9. The Labute approximate surface area is 239 Å². The topological polar surface area (TPSA) is 130 Å². The Balaban J connectivity index is 1.22. The van der Waals surface area contributed by atoms with Gasteiger partial charge in [-0.1, -0.05) is 86.0 Å². The fourth-order valence-electron chi connectivity index (χ4n) is 6.19. The van der Waals surface area contributed by atoms with Crippen LogP contribution >= 0.6 is 0 Å². The Morgan fingerprint density at radius 3 is 2.46 bits per heavy atom. The fraction of sp³-hybridized carbons (Fsp3) is 0.344. The number of carbonyl (C=O) groups excluding carboxylic acids is 2. The minimum atomic E-state index is -0.594. The van der Waals surface area contributed by atoms with Gasteiger partial charge in [-0.25, -0.2) is 0 Å². The van der Waals surface area contributed by atoms with Gasteiger partial charge in [-0.3, -0.25) is 9.59 Å². The van der Waals surface area contributed by atoms with E-state index in [1.54, 1.807) is 0 Å². The summed E-state index contributed by atoms with van der Waals surface area (Å²) >= 11 is 0. The summed E-state index contributed by atoms with van der Waals surface area (Å²) in [5.74, 6) is 0.307. The van der Waals surface area contributed by atoms with Crippen molar-refractivity contribution < 1.29 is 9.59 Å². The van der Waals surface area contributed by atoms with Gasteiger partial charge in [0.25, 0.3) is 0 Å². The van der Waals surface area contributed by atoms with Crippen molar-refractivity contribution in [2.24, 2.45) is 5.73 Å². The summed E-state index contributed by atoms with van der Waals surface area (Å²) in [5.41, 5.74) is 12.0. The number of H-pyrrole nitrogens is 1. The largest absolute Gasteiger partial charge is 0.344 e. The molecule has 41 heavy (non-hydrogen) atoms. The molecule has 0 bridgehead atoms. The summed E-state index contributed by atoms with van der Waals surface area (Å²) in [4.78, 5) is 28.8. The summed E-state index contributed by atoms with van der Waals surface area (Å²) in [6, 6.07) is 23.5. The van der Waals surface area contributed by atoms with Gasteiger partial charge in [0.2, 0.25) is 17.6 Å². The highest BCUT2D eigenvalue weighted by atomic mass is 16.2. The molecule has 1 aliphatic heterocycles. The van der Waals surface area contributed by atoms with E-state index < -0.39 is 11.6 Å². The molecule has 2 amide bonds. The Bertz CT molecular complexity index is 1510. The Morgan fingerprint density at radius 2 is 1.71 bits per heavy atom. The van der Waals surface area contributed by atoms with Gasteiger partial charge in [-0.2, -0.15) is 5.21 Å². The average Bonchev–Trinajstić information content (AvgIpc) is 3.50. The number of benzene rings is 3. The van der Waals surface area contributed by atoms with Crippen molar-refractivity contribution in [1.82, 2.24) is 25.9 Å². The van der Waals surface area contributed by atoms with Gasteiger partial charge in [0.05, 0.1) is 6.54 Å². The molecule has 2 heterocycles. The van der Waals surface area contributed by atoms with Crippen molar-refractivity contribution in [2.75, 3.05) is 4.90 Å². The van der Waals surface area contributed by atoms with Crippen molar-refractivity contribution in [3.05, 3.63) is 83.9 Å². The number of nitrogens with two attached hydrogens (primary N) is 1.